The zero-order valence-corrected chi connectivity index (χ0v) is 16.3. The van der Waals surface area contributed by atoms with Gasteiger partial charge in [-0.3, -0.25) is 14.4 Å². The number of ether oxygens (including phenoxy) is 4. The summed E-state index contributed by atoms with van der Waals surface area (Å²) in [6.45, 7) is 1.61. The van der Waals surface area contributed by atoms with E-state index in [2.05, 4.69) is 4.74 Å². The Morgan fingerprint density at radius 1 is 0.893 bits per heavy atom. The molecule has 0 aliphatic heterocycles. The van der Waals surface area contributed by atoms with Crippen LogP contribution in [0, 0.1) is 29.6 Å². The Labute approximate surface area is 161 Å². The maximum atomic E-state index is 12.6. The maximum absolute atomic E-state index is 12.6. The SMILES string of the molecule is COC(=O)C1=C(O)[C@@H](C(=O)OC)[C@]2(O)[C@H](C(=O)OC)[C@@H](C)C[C@H]1[C@@H]2C(=O)OC. The standard InChI is InChI=1S/C18H24O10/c1-7-6-8-9(14(20)25-2)13(19)12(17(23)28-5)18(24,10(7)15(21)26-3)11(8)16(22)27-4/h7-8,10-12,19,24H,6H2,1-5H3/t7-,8+,10-,11+,12-,18-/m0/s1. The average molecular weight is 400 g/mol. The molecule has 0 amide bonds. The van der Waals surface area contributed by atoms with E-state index >= 15 is 0 Å². The molecule has 2 rings (SSSR count). The highest BCUT2D eigenvalue weighted by Crippen LogP contribution is 2.57. The second-order valence-electron chi connectivity index (χ2n) is 6.96. The van der Waals surface area contributed by atoms with Gasteiger partial charge in [-0.2, -0.15) is 0 Å². The van der Waals surface area contributed by atoms with Crippen molar-refractivity contribution in [1.29, 1.82) is 0 Å². The number of carbonyl (C=O) groups excluding carboxylic acids is 4. The molecule has 0 heterocycles. The predicted octanol–water partition coefficient (Wildman–Crippen LogP) is -0.260. The number of fused-ring (bicyclic) bond motifs is 2. The average Bonchev–Trinajstić information content (AvgIpc) is 2.65. The van der Waals surface area contributed by atoms with Gasteiger partial charge in [0.05, 0.1) is 45.8 Å². The Hall–Kier alpha value is -2.62. The fraction of sp³-hybridized carbons (Fsp3) is 0.667. The Balaban J connectivity index is 2.89. The zero-order chi connectivity index (χ0) is 21.4. The van der Waals surface area contributed by atoms with Crippen molar-refractivity contribution >= 4 is 23.9 Å². The molecule has 0 aromatic carbocycles. The summed E-state index contributed by atoms with van der Waals surface area (Å²) in [6, 6.07) is 0. The lowest BCUT2D eigenvalue weighted by atomic mass is 9.50. The molecule has 10 nitrogen and oxygen atoms in total. The smallest absolute Gasteiger partial charge is 0.337 e. The first-order valence-electron chi connectivity index (χ1n) is 8.58. The van der Waals surface area contributed by atoms with Crippen molar-refractivity contribution in [3.05, 3.63) is 11.3 Å². The van der Waals surface area contributed by atoms with Crippen LogP contribution in [-0.4, -0.2) is 68.1 Å². The van der Waals surface area contributed by atoms with Gasteiger partial charge in [-0.15, -0.1) is 0 Å². The topological polar surface area (TPSA) is 146 Å². The quantitative estimate of drug-likeness (QED) is 0.478. The first kappa shape index (κ1) is 21.7. The Morgan fingerprint density at radius 2 is 1.39 bits per heavy atom. The molecule has 1 fully saturated rings. The minimum Gasteiger partial charge on any atom is -0.511 e. The van der Waals surface area contributed by atoms with Gasteiger partial charge in [0, 0.05) is 5.92 Å². The summed E-state index contributed by atoms with van der Waals surface area (Å²) < 4.78 is 19.0. The van der Waals surface area contributed by atoms with Crippen LogP contribution in [0.15, 0.2) is 11.3 Å². The van der Waals surface area contributed by atoms with E-state index in [4.69, 9.17) is 14.2 Å². The van der Waals surface area contributed by atoms with Gasteiger partial charge < -0.3 is 29.2 Å². The monoisotopic (exact) mass is 400 g/mol. The fourth-order valence-electron chi connectivity index (χ4n) is 4.66. The molecular formula is C18H24O10. The van der Waals surface area contributed by atoms with Gasteiger partial charge in [0.25, 0.3) is 0 Å². The first-order chi connectivity index (χ1) is 13.1. The lowest BCUT2D eigenvalue weighted by Gasteiger charge is -2.54. The highest BCUT2D eigenvalue weighted by atomic mass is 16.5. The fourth-order valence-corrected chi connectivity index (χ4v) is 4.66. The number of carbonyl (C=O) groups is 4. The molecule has 10 heteroatoms. The van der Waals surface area contributed by atoms with Gasteiger partial charge in [0.1, 0.15) is 17.3 Å². The van der Waals surface area contributed by atoms with Crippen molar-refractivity contribution in [2.75, 3.05) is 28.4 Å². The first-order valence-corrected chi connectivity index (χ1v) is 8.58. The number of aliphatic hydroxyl groups excluding tert-OH is 1. The summed E-state index contributed by atoms with van der Waals surface area (Å²) in [7, 11) is 4.26. The van der Waals surface area contributed by atoms with Crippen molar-refractivity contribution in [3.8, 4) is 0 Å². The van der Waals surface area contributed by atoms with Gasteiger partial charge in [0.2, 0.25) is 0 Å². The second kappa shape index (κ2) is 7.78. The van der Waals surface area contributed by atoms with Gasteiger partial charge in [-0.05, 0) is 12.3 Å². The number of hydrogen-bond donors (Lipinski definition) is 2. The molecule has 1 saturated carbocycles. The number of esters is 4. The van der Waals surface area contributed by atoms with Crippen molar-refractivity contribution < 1.29 is 48.3 Å². The molecule has 0 aromatic rings. The normalized spacial score (nSPS) is 34.3. The van der Waals surface area contributed by atoms with E-state index < -0.39 is 64.8 Å². The number of methoxy groups -OCH3 is 4. The number of hydrogen-bond acceptors (Lipinski definition) is 10. The molecule has 2 bridgehead atoms. The highest BCUT2D eigenvalue weighted by molar-refractivity contribution is 5.95. The van der Waals surface area contributed by atoms with Crippen LogP contribution in [0.2, 0.25) is 0 Å². The molecule has 28 heavy (non-hydrogen) atoms. The molecule has 156 valence electrons. The van der Waals surface area contributed by atoms with Crippen molar-refractivity contribution in [3.63, 3.8) is 0 Å². The highest BCUT2D eigenvalue weighted by Gasteiger charge is 2.70. The van der Waals surface area contributed by atoms with E-state index in [1.807, 2.05) is 0 Å². The largest absolute Gasteiger partial charge is 0.511 e. The van der Waals surface area contributed by atoms with Gasteiger partial charge in [-0.25, -0.2) is 4.79 Å². The zero-order valence-electron chi connectivity index (χ0n) is 16.3. The summed E-state index contributed by atoms with van der Waals surface area (Å²) in [6.07, 6.45) is 0.0598. The Bertz CT molecular complexity index is 726. The lowest BCUT2D eigenvalue weighted by Crippen LogP contribution is -2.68. The van der Waals surface area contributed by atoms with E-state index in [1.165, 1.54) is 0 Å². The summed E-state index contributed by atoms with van der Waals surface area (Å²) >= 11 is 0. The van der Waals surface area contributed by atoms with E-state index in [0.29, 0.717) is 0 Å². The molecule has 0 aromatic heterocycles. The molecule has 0 radical (unpaired) electrons. The van der Waals surface area contributed by atoms with Crippen LogP contribution < -0.4 is 0 Å². The summed E-state index contributed by atoms with van der Waals surface area (Å²) in [5, 5.41) is 22.4. The van der Waals surface area contributed by atoms with Crippen molar-refractivity contribution in [2.24, 2.45) is 29.6 Å². The molecule has 0 unspecified atom stereocenters. The van der Waals surface area contributed by atoms with Gasteiger partial charge >= 0.3 is 23.9 Å². The summed E-state index contributed by atoms with van der Waals surface area (Å²) in [5.41, 5.74) is -2.76. The number of rotatable bonds is 4. The molecule has 0 spiro atoms. The molecule has 0 saturated heterocycles. The van der Waals surface area contributed by atoms with E-state index in [1.54, 1.807) is 6.92 Å². The third kappa shape index (κ3) is 2.92. The van der Waals surface area contributed by atoms with Crippen molar-refractivity contribution in [2.45, 2.75) is 18.9 Å². The van der Waals surface area contributed by atoms with Gasteiger partial charge in [0.15, 0.2) is 0 Å². The summed E-state index contributed by atoms with van der Waals surface area (Å²) in [5.74, 6) is -11.1. The molecule has 2 aliphatic rings. The minimum absolute atomic E-state index is 0.0598. The third-order valence-electron chi connectivity index (χ3n) is 5.73. The van der Waals surface area contributed by atoms with Crippen LogP contribution in [0.3, 0.4) is 0 Å². The minimum atomic E-state index is -2.43. The molecule has 6 atom stereocenters. The second-order valence-corrected chi connectivity index (χ2v) is 6.96. The van der Waals surface area contributed by atoms with E-state index in [-0.39, 0.29) is 12.0 Å². The number of aliphatic hydroxyl groups is 2. The molecule has 2 N–H and O–H groups in total. The Kier molecular flexibility index (Phi) is 6.03. The van der Waals surface area contributed by atoms with Gasteiger partial charge in [-0.1, -0.05) is 6.92 Å². The van der Waals surface area contributed by atoms with Crippen molar-refractivity contribution in [1.82, 2.24) is 0 Å². The van der Waals surface area contributed by atoms with Crippen LogP contribution >= 0.6 is 0 Å². The summed E-state index contributed by atoms with van der Waals surface area (Å²) in [4.78, 5) is 50.0. The van der Waals surface area contributed by atoms with Crippen LogP contribution in [0.5, 0.6) is 0 Å². The van der Waals surface area contributed by atoms with Crippen LogP contribution in [0.4, 0.5) is 0 Å². The predicted molar refractivity (Wildman–Crippen MR) is 90.4 cm³/mol. The van der Waals surface area contributed by atoms with E-state index in [9.17, 15) is 29.4 Å². The van der Waals surface area contributed by atoms with Crippen LogP contribution in [0.25, 0.3) is 0 Å². The van der Waals surface area contributed by atoms with E-state index in [0.717, 1.165) is 28.4 Å². The van der Waals surface area contributed by atoms with Crippen LogP contribution in [0.1, 0.15) is 13.3 Å². The Morgan fingerprint density at radius 3 is 1.86 bits per heavy atom. The molecular weight excluding hydrogens is 376 g/mol. The lowest BCUT2D eigenvalue weighted by molar-refractivity contribution is -0.212. The maximum Gasteiger partial charge on any atom is 0.337 e. The molecule has 2 aliphatic carbocycles. The van der Waals surface area contributed by atoms with Crippen LogP contribution in [-0.2, 0) is 38.1 Å². The third-order valence-corrected chi connectivity index (χ3v) is 5.73.